The van der Waals surface area contributed by atoms with E-state index in [1.165, 1.54) is 0 Å². The monoisotopic (exact) mass is 370 g/mol. The minimum atomic E-state index is -0.252. The zero-order chi connectivity index (χ0) is 18.7. The van der Waals surface area contributed by atoms with Gasteiger partial charge < -0.3 is 14.5 Å². The van der Waals surface area contributed by atoms with Crippen LogP contribution in [0.15, 0.2) is 29.0 Å². The number of aliphatic hydroxyl groups excluding tert-OH is 1. The Morgan fingerprint density at radius 2 is 2.26 bits per heavy atom. The van der Waals surface area contributed by atoms with Crippen LogP contribution >= 0.6 is 0 Å². The highest BCUT2D eigenvalue weighted by Crippen LogP contribution is 2.45. The molecular weight excluding hydrogens is 344 g/mol. The number of pyridine rings is 1. The van der Waals surface area contributed by atoms with Gasteiger partial charge in [-0.25, -0.2) is 0 Å². The van der Waals surface area contributed by atoms with Crippen LogP contribution in [0.4, 0.5) is 0 Å². The van der Waals surface area contributed by atoms with Gasteiger partial charge in [0, 0.05) is 49.3 Å². The lowest BCUT2D eigenvalue weighted by atomic mass is 9.76. The molecule has 4 rings (SSSR count). The van der Waals surface area contributed by atoms with Crippen molar-refractivity contribution in [1.82, 2.24) is 20.0 Å². The molecule has 2 fully saturated rings. The summed E-state index contributed by atoms with van der Waals surface area (Å²) < 4.78 is 5.29. The molecule has 1 amide bonds. The molecule has 2 aliphatic rings. The number of hydrogen-bond donors (Lipinski definition) is 1. The van der Waals surface area contributed by atoms with E-state index in [1.54, 1.807) is 12.4 Å². The van der Waals surface area contributed by atoms with E-state index >= 15 is 0 Å². The maximum atomic E-state index is 12.6. The van der Waals surface area contributed by atoms with Gasteiger partial charge in [-0.15, -0.1) is 0 Å². The number of nitrogens with zero attached hydrogens (tertiary/aromatic N) is 4. The number of amides is 1. The van der Waals surface area contributed by atoms with E-state index in [0.717, 1.165) is 44.2 Å². The highest BCUT2D eigenvalue weighted by atomic mass is 16.5. The van der Waals surface area contributed by atoms with Gasteiger partial charge in [-0.05, 0) is 44.2 Å². The Morgan fingerprint density at radius 1 is 1.37 bits per heavy atom. The third kappa shape index (κ3) is 3.88. The van der Waals surface area contributed by atoms with Gasteiger partial charge in [0.2, 0.25) is 17.6 Å². The molecule has 2 atom stereocenters. The summed E-state index contributed by atoms with van der Waals surface area (Å²) in [5, 5.41) is 14.3. The molecule has 7 nitrogen and oxygen atoms in total. The molecule has 1 spiro atoms. The van der Waals surface area contributed by atoms with Crippen molar-refractivity contribution in [3.8, 4) is 11.4 Å². The predicted molar refractivity (Wildman–Crippen MR) is 98.6 cm³/mol. The molecule has 27 heavy (non-hydrogen) atoms. The number of aryl methyl sites for hydroxylation is 1. The summed E-state index contributed by atoms with van der Waals surface area (Å²) in [5.74, 6) is 1.24. The van der Waals surface area contributed by atoms with Crippen LogP contribution in [0.1, 0.15) is 50.8 Å². The van der Waals surface area contributed by atoms with Crippen molar-refractivity contribution in [3.63, 3.8) is 0 Å². The molecule has 2 aromatic heterocycles. The molecule has 3 heterocycles. The summed E-state index contributed by atoms with van der Waals surface area (Å²) in [4.78, 5) is 23.0. The fourth-order valence-corrected chi connectivity index (χ4v) is 4.49. The van der Waals surface area contributed by atoms with Gasteiger partial charge in [0.05, 0.1) is 6.10 Å². The van der Waals surface area contributed by atoms with E-state index in [0.29, 0.717) is 37.5 Å². The smallest absolute Gasteiger partial charge is 0.226 e. The number of rotatable bonds is 5. The molecule has 1 saturated carbocycles. The lowest BCUT2D eigenvalue weighted by Gasteiger charge is -2.42. The van der Waals surface area contributed by atoms with E-state index in [9.17, 15) is 9.90 Å². The van der Waals surface area contributed by atoms with Crippen LogP contribution in [0.2, 0.25) is 0 Å². The van der Waals surface area contributed by atoms with E-state index < -0.39 is 0 Å². The molecule has 1 aliphatic heterocycles. The highest BCUT2D eigenvalue weighted by molar-refractivity contribution is 5.76. The van der Waals surface area contributed by atoms with E-state index in [-0.39, 0.29) is 17.4 Å². The summed E-state index contributed by atoms with van der Waals surface area (Å²) >= 11 is 0. The van der Waals surface area contributed by atoms with E-state index in [1.807, 2.05) is 17.0 Å². The van der Waals surface area contributed by atoms with Gasteiger partial charge in [-0.1, -0.05) is 11.6 Å². The minimum absolute atomic E-state index is 0.0565. The summed E-state index contributed by atoms with van der Waals surface area (Å²) in [6, 6.07) is 3.71. The second kappa shape index (κ2) is 7.76. The average molecular weight is 370 g/mol. The predicted octanol–water partition coefficient (Wildman–Crippen LogP) is 2.61. The van der Waals surface area contributed by atoms with Gasteiger partial charge in [-0.2, -0.15) is 4.98 Å². The van der Waals surface area contributed by atoms with Crippen LogP contribution in [0.3, 0.4) is 0 Å². The third-order valence-corrected chi connectivity index (χ3v) is 5.99. The summed E-state index contributed by atoms with van der Waals surface area (Å²) in [7, 11) is 0. The quantitative estimate of drug-likeness (QED) is 0.870. The Balaban J connectivity index is 1.28. The van der Waals surface area contributed by atoms with Crippen molar-refractivity contribution >= 4 is 5.91 Å². The van der Waals surface area contributed by atoms with Gasteiger partial charge in [-0.3, -0.25) is 9.78 Å². The Morgan fingerprint density at radius 3 is 3.04 bits per heavy atom. The standard InChI is InChI=1S/C20H26N4O3/c25-16-6-2-9-20(16)10-4-12-24(14-20)18(26)8-1-7-17-22-19(23-27-17)15-5-3-11-21-13-15/h3,5,11,13,16,25H,1-2,4,6-10,12,14H2/t16-,20-/m1/s1. The van der Waals surface area contributed by atoms with Crippen LogP contribution < -0.4 is 0 Å². The van der Waals surface area contributed by atoms with Crippen molar-refractivity contribution in [2.24, 2.45) is 5.41 Å². The summed E-state index contributed by atoms with van der Waals surface area (Å²) in [5.41, 5.74) is 0.760. The molecule has 0 aromatic carbocycles. The zero-order valence-corrected chi connectivity index (χ0v) is 15.5. The maximum Gasteiger partial charge on any atom is 0.226 e. The van der Waals surface area contributed by atoms with Crippen molar-refractivity contribution < 1.29 is 14.4 Å². The first-order chi connectivity index (χ1) is 13.2. The molecule has 1 N–H and O–H groups in total. The Labute approximate surface area is 158 Å². The third-order valence-electron chi connectivity index (χ3n) is 5.99. The first kappa shape index (κ1) is 18.1. The number of hydrogen-bond acceptors (Lipinski definition) is 6. The number of carbonyl (C=O) groups excluding carboxylic acids is 1. The van der Waals surface area contributed by atoms with Gasteiger partial charge in [0.15, 0.2) is 0 Å². The first-order valence-electron chi connectivity index (χ1n) is 9.85. The lowest BCUT2D eigenvalue weighted by molar-refractivity contribution is -0.136. The largest absolute Gasteiger partial charge is 0.392 e. The Bertz CT molecular complexity index is 779. The molecule has 1 saturated heterocycles. The van der Waals surface area contributed by atoms with Crippen LogP contribution in [0.25, 0.3) is 11.4 Å². The average Bonchev–Trinajstić information content (AvgIpc) is 3.30. The summed E-state index contributed by atoms with van der Waals surface area (Å²) in [6.07, 6.45) is 9.88. The van der Waals surface area contributed by atoms with Crippen LogP contribution in [-0.4, -0.2) is 50.2 Å². The molecule has 0 bridgehead atoms. The molecule has 144 valence electrons. The lowest BCUT2D eigenvalue weighted by Crippen LogP contribution is -2.49. The van der Waals surface area contributed by atoms with Crippen LogP contribution in [0, 0.1) is 5.41 Å². The van der Waals surface area contributed by atoms with Crippen molar-refractivity contribution in [3.05, 3.63) is 30.4 Å². The molecule has 0 radical (unpaired) electrons. The van der Waals surface area contributed by atoms with Crippen LogP contribution in [0.5, 0.6) is 0 Å². The number of likely N-dealkylation sites (tertiary alicyclic amines) is 1. The molecule has 2 aromatic rings. The Hall–Kier alpha value is -2.28. The number of carbonyl (C=O) groups is 1. The number of piperidine rings is 1. The first-order valence-corrected chi connectivity index (χ1v) is 9.85. The second-order valence-electron chi connectivity index (χ2n) is 7.80. The highest BCUT2D eigenvalue weighted by Gasteiger charge is 2.45. The van der Waals surface area contributed by atoms with Gasteiger partial charge >= 0.3 is 0 Å². The van der Waals surface area contributed by atoms with Gasteiger partial charge in [0.1, 0.15) is 0 Å². The fraction of sp³-hybridized carbons (Fsp3) is 0.600. The summed E-state index contributed by atoms with van der Waals surface area (Å²) in [6.45, 7) is 1.51. The van der Waals surface area contributed by atoms with E-state index in [4.69, 9.17) is 4.52 Å². The van der Waals surface area contributed by atoms with E-state index in [2.05, 4.69) is 15.1 Å². The zero-order valence-electron chi connectivity index (χ0n) is 15.5. The topological polar surface area (TPSA) is 92.3 Å². The van der Waals surface area contributed by atoms with Crippen LogP contribution in [-0.2, 0) is 11.2 Å². The number of aliphatic hydroxyl groups is 1. The van der Waals surface area contributed by atoms with Crippen molar-refractivity contribution in [2.45, 2.75) is 57.5 Å². The molecule has 1 aliphatic carbocycles. The Kier molecular flexibility index (Phi) is 5.20. The molecular formula is C20H26N4O3. The molecule has 0 unspecified atom stereocenters. The van der Waals surface area contributed by atoms with Crippen molar-refractivity contribution in [2.75, 3.05) is 13.1 Å². The fourth-order valence-electron chi connectivity index (χ4n) is 4.49. The SMILES string of the molecule is O=C(CCCc1nc(-c2cccnc2)no1)N1CCC[C@]2(CCC[C@H]2O)C1. The maximum absolute atomic E-state index is 12.6. The molecule has 7 heteroatoms. The minimum Gasteiger partial charge on any atom is -0.392 e. The van der Waals surface area contributed by atoms with Gasteiger partial charge in [0.25, 0.3) is 0 Å². The second-order valence-corrected chi connectivity index (χ2v) is 7.80. The number of aromatic nitrogens is 3. The van der Waals surface area contributed by atoms with Crippen molar-refractivity contribution in [1.29, 1.82) is 0 Å². The normalized spacial score (nSPS) is 25.2.